The van der Waals surface area contributed by atoms with E-state index in [-0.39, 0.29) is 0 Å². The molecule has 18 heavy (non-hydrogen) atoms. The molecule has 0 amide bonds. The van der Waals surface area contributed by atoms with Gasteiger partial charge in [-0.1, -0.05) is 26.7 Å². The van der Waals surface area contributed by atoms with Gasteiger partial charge in [-0.3, -0.25) is 4.90 Å². The quantitative estimate of drug-likeness (QED) is 0.779. The molecule has 0 aromatic rings. The molecule has 106 valence electrons. The molecule has 0 radical (unpaired) electrons. The topological polar surface area (TPSA) is 15.3 Å². The zero-order chi connectivity index (χ0) is 13.0. The molecular formula is C16H32N2. The number of hydrogen-bond acceptors (Lipinski definition) is 2. The van der Waals surface area contributed by atoms with Crippen LogP contribution in [0.25, 0.3) is 0 Å². The van der Waals surface area contributed by atoms with E-state index in [1.54, 1.807) is 0 Å². The van der Waals surface area contributed by atoms with Gasteiger partial charge in [0.15, 0.2) is 0 Å². The number of hydrogen-bond donors (Lipinski definition) is 1. The van der Waals surface area contributed by atoms with E-state index in [0.29, 0.717) is 11.5 Å². The Bertz CT molecular complexity index is 241. The first-order chi connectivity index (χ1) is 8.69. The van der Waals surface area contributed by atoms with Crippen LogP contribution in [0, 0.1) is 5.41 Å². The van der Waals surface area contributed by atoms with Gasteiger partial charge in [-0.2, -0.15) is 0 Å². The normalized spacial score (nSPS) is 26.8. The van der Waals surface area contributed by atoms with E-state index in [1.165, 1.54) is 64.6 Å². The second-order valence-corrected chi connectivity index (χ2v) is 6.67. The van der Waals surface area contributed by atoms with Crippen molar-refractivity contribution >= 4 is 0 Å². The minimum absolute atomic E-state index is 0.627. The third-order valence-electron chi connectivity index (χ3n) is 5.65. The van der Waals surface area contributed by atoms with Gasteiger partial charge in [0.1, 0.15) is 0 Å². The van der Waals surface area contributed by atoms with Crippen LogP contribution in [0.5, 0.6) is 0 Å². The van der Waals surface area contributed by atoms with Crippen molar-refractivity contribution in [3.05, 3.63) is 0 Å². The van der Waals surface area contributed by atoms with Gasteiger partial charge in [0.05, 0.1) is 0 Å². The first-order valence-electron chi connectivity index (χ1n) is 8.16. The molecule has 0 aromatic carbocycles. The zero-order valence-electron chi connectivity index (χ0n) is 12.7. The van der Waals surface area contributed by atoms with Gasteiger partial charge < -0.3 is 5.32 Å². The Hall–Kier alpha value is -0.0800. The van der Waals surface area contributed by atoms with Crippen LogP contribution in [0.15, 0.2) is 0 Å². The molecule has 1 unspecified atom stereocenters. The third kappa shape index (κ3) is 3.27. The van der Waals surface area contributed by atoms with E-state index in [2.05, 4.69) is 31.0 Å². The van der Waals surface area contributed by atoms with E-state index in [9.17, 15) is 0 Å². The van der Waals surface area contributed by atoms with Crippen LogP contribution >= 0.6 is 0 Å². The summed E-state index contributed by atoms with van der Waals surface area (Å²) in [6.45, 7) is 11.0. The lowest BCUT2D eigenvalue weighted by Gasteiger charge is -2.30. The van der Waals surface area contributed by atoms with Crippen LogP contribution in [0.3, 0.4) is 0 Å². The highest BCUT2D eigenvalue weighted by molar-refractivity contribution is 4.90. The molecule has 1 aliphatic carbocycles. The van der Waals surface area contributed by atoms with Gasteiger partial charge in [-0.25, -0.2) is 0 Å². The first kappa shape index (κ1) is 14.3. The summed E-state index contributed by atoms with van der Waals surface area (Å²) in [4.78, 5) is 2.72. The van der Waals surface area contributed by atoms with E-state index in [4.69, 9.17) is 0 Å². The molecule has 0 spiro atoms. The summed E-state index contributed by atoms with van der Waals surface area (Å²) < 4.78 is 0. The Labute approximate surface area is 114 Å². The summed E-state index contributed by atoms with van der Waals surface area (Å²) in [6.07, 6.45) is 9.79. The van der Waals surface area contributed by atoms with Gasteiger partial charge in [-0.05, 0) is 51.0 Å². The summed E-state index contributed by atoms with van der Waals surface area (Å²) in [5, 5.41) is 3.78. The van der Waals surface area contributed by atoms with Crippen molar-refractivity contribution in [2.45, 2.75) is 77.8 Å². The molecule has 1 N–H and O–H groups in total. The smallest absolute Gasteiger partial charge is 0.0192 e. The van der Waals surface area contributed by atoms with Crippen molar-refractivity contribution in [1.82, 2.24) is 10.2 Å². The second kappa shape index (κ2) is 6.38. The number of nitrogens with one attached hydrogen (secondary N) is 1. The van der Waals surface area contributed by atoms with Gasteiger partial charge in [0.25, 0.3) is 0 Å². The Morgan fingerprint density at radius 1 is 1.22 bits per heavy atom. The maximum absolute atomic E-state index is 3.78. The molecule has 1 heterocycles. The molecule has 0 aromatic heterocycles. The van der Waals surface area contributed by atoms with Crippen LogP contribution in [-0.2, 0) is 0 Å². The summed E-state index contributed by atoms with van der Waals surface area (Å²) >= 11 is 0. The predicted octanol–water partition coefficient (Wildman–Crippen LogP) is 3.42. The summed E-state index contributed by atoms with van der Waals surface area (Å²) in [5.41, 5.74) is 0.627. The highest BCUT2D eigenvalue weighted by Crippen LogP contribution is 2.37. The summed E-state index contributed by atoms with van der Waals surface area (Å²) in [7, 11) is 0. The van der Waals surface area contributed by atoms with Crippen molar-refractivity contribution < 1.29 is 0 Å². The zero-order valence-corrected chi connectivity index (χ0v) is 12.7. The fourth-order valence-electron chi connectivity index (χ4n) is 3.77. The first-order valence-corrected chi connectivity index (χ1v) is 8.16. The maximum atomic E-state index is 3.78. The van der Waals surface area contributed by atoms with Crippen molar-refractivity contribution in [3.63, 3.8) is 0 Å². The molecule has 2 fully saturated rings. The fourth-order valence-corrected chi connectivity index (χ4v) is 3.77. The molecule has 2 aliphatic rings. The van der Waals surface area contributed by atoms with Crippen molar-refractivity contribution in [2.75, 3.05) is 19.6 Å². The highest BCUT2D eigenvalue weighted by Gasteiger charge is 2.36. The Kier molecular flexibility index (Phi) is 5.08. The lowest BCUT2D eigenvalue weighted by molar-refractivity contribution is 0.197. The molecule has 1 saturated heterocycles. The monoisotopic (exact) mass is 252 g/mol. The van der Waals surface area contributed by atoms with Gasteiger partial charge >= 0.3 is 0 Å². The van der Waals surface area contributed by atoms with Gasteiger partial charge in [-0.15, -0.1) is 0 Å². The molecule has 1 atom stereocenters. The van der Waals surface area contributed by atoms with Crippen LogP contribution in [-0.4, -0.2) is 36.6 Å². The Balaban J connectivity index is 1.74. The lowest BCUT2D eigenvalue weighted by Crippen LogP contribution is -2.42. The third-order valence-corrected chi connectivity index (χ3v) is 5.65. The Morgan fingerprint density at radius 3 is 2.44 bits per heavy atom. The minimum atomic E-state index is 0.627. The molecule has 2 nitrogen and oxygen atoms in total. The molecule has 1 saturated carbocycles. The number of nitrogens with zero attached hydrogens (tertiary/aromatic N) is 1. The van der Waals surface area contributed by atoms with Gasteiger partial charge in [0, 0.05) is 25.2 Å². The second-order valence-electron chi connectivity index (χ2n) is 6.67. The summed E-state index contributed by atoms with van der Waals surface area (Å²) in [5.74, 6) is 0. The summed E-state index contributed by atoms with van der Waals surface area (Å²) in [6, 6.07) is 1.53. The number of rotatable bonds is 6. The highest BCUT2D eigenvalue weighted by atomic mass is 15.2. The van der Waals surface area contributed by atoms with Crippen LogP contribution in [0.1, 0.15) is 65.7 Å². The molecule has 0 bridgehead atoms. The SMILES string of the molecule is CCC1(CC)CCN(C(C)CNC2CCCC2)C1. The molecular weight excluding hydrogens is 220 g/mol. The van der Waals surface area contributed by atoms with E-state index >= 15 is 0 Å². The van der Waals surface area contributed by atoms with Crippen molar-refractivity contribution in [1.29, 1.82) is 0 Å². The van der Waals surface area contributed by atoms with Gasteiger partial charge in [0.2, 0.25) is 0 Å². The van der Waals surface area contributed by atoms with E-state index < -0.39 is 0 Å². The standard InChI is InChI=1S/C16H32N2/c1-4-16(5-2)10-11-18(13-16)14(3)12-17-15-8-6-7-9-15/h14-15,17H,4-13H2,1-3H3. The van der Waals surface area contributed by atoms with Crippen LogP contribution < -0.4 is 5.32 Å². The predicted molar refractivity (Wildman–Crippen MR) is 78.9 cm³/mol. The fraction of sp³-hybridized carbons (Fsp3) is 1.00. The molecule has 2 heteroatoms. The van der Waals surface area contributed by atoms with E-state index in [0.717, 1.165) is 6.04 Å². The lowest BCUT2D eigenvalue weighted by atomic mass is 9.82. The maximum Gasteiger partial charge on any atom is 0.0192 e. The molecule has 1 aliphatic heterocycles. The van der Waals surface area contributed by atoms with Crippen LogP contribution in [0.4, 0.5) is 0 Å². The molecule has 2 rings (SSSR count). The average molecular weight is 252 g/mol. The largest absolute Gasteiger partial charge is 0.312 e. The Morgan fingerprint density at radius 2 is 1.89 bits per heavy atom. The van der Waals surface area contributed by atoms with Crippen molar-refractivity contribution in [3.8, 4) is 0 Å². The van der Waals surface area contributed by atoms with Crippen LogP contribution in [0.2, 0.25) is 0 Å². The number of likely N-dealkylation sites (tertiary alicyclic amines) is 1. The van der Waals surface area contributed by atoms with E-state index in [1.807, 2.05) is 0 Å². The minimum Gasteiger partial charge on any atom is -0.312 e. The average Bonchev–Trinajstić information content (AvgIpc) is 3.06. The van der Waals surface area contributed by atoms with Crippen molar-refractivity contribution in [2.24, 2.45) is 5.41 Å².